The molecule has 0 aliphatic carbocycles. The number of phenols is 2. The lowest BCUT2D eigenvalue weighted by molar-refractivity contribution is -0.145. The number of carboxylic acids is 1. The summed E-state index contributed by atoms with van der Waals surface area (Å²) in [5, 5.41) is 28.8. The number of hydrogen-bond donors (Lipinski definition) is 3. The molecule has 8 heteroatoms. The van der Waals surface area contributed by atoms with Crippen molar-refractivity contribution in [3.8, 4) is 11.5 Å². The maximum atomic E-state index is 12.5. The summed E-state index contributed by atoms with van der Waals surface area (Å²) >= 11 is 0. The first kappa shape index (κ1) is 17.8. The molecule has 8 nitrogen and oxygen atoms in total. The van der Waals surface area contributed by atoms with E-state index in [-0.39, 0.29) is 40.4 Å². The third kappa shape index (κ3) is 3.22. The zero-order valence-electron chi connectivity index (χ0n) is 14.2. The summed E-state index contributed by atoms with van der Waals surface area (Å²) in [5.74, 6) is -2.07. The third-order valence-electron chi connectivity index (χ3n) is 4.87. The summed E-state index contributed by atoms with van der Waals surface area (Å²) in [7, 11) is 0. The van der Waals surface area contributed by atoms with Crippen molar-refractivity contribution in [3.05, 3.63) is 33.7 Å². The molecule has 2 aromatic rings. The molecule has 3 N–H and O–H groups in total. The molecule has 0 spiro atoms. The number of amides is 1. The maximum Gasteiger partial charge on any atom is 0.340 e. The monoisotopic (exact) mass is 361 g/mol. The van der Waals surface area contributed by atoms with Crippen LogP contribution in [0.25, 0.3) is 11.0 Å². The quantitative estimate of drug-likeness (QED) is 0.704. The van der Waals surface area contributed by atoms with Crippen LogP contribution in [-0.2, 0) is 16.0 Å². The molecule has 0 atom stereocenters. The van der Waals surface area contributed by atoms with Crippen LogP contribution in [0.3, 0.4) is 0 Å². The molecular weight excluding hydrogens is 342 g/mol. The highest BCUT2D eigenvalue weighted by atomic mass is 16.4. The van der Waals surface area contributed by atoms with Crippen molar-refractivity contribution < 1.29 is 29.3 Å². The average molecular weight is 361 g/mol. The zero-order chi connectivity index (χ0) is 19.0. The molecule has 26 heavy (non-hydrogen) atoms. The number of likely N-dealkylation sites (tertiary alicyclic amines) is 1. The topological polar surface area (TPSA) is 128 Å². The Morgan fingerprint density at radius 1 is 1.23 bits per heavy atom. The number of hydrogen-bond acceptors (Lipinski definition) is 6. The van der Waals surface area contributed by atoms with Gasteiger partial charge < -0.3 is 24.6 Å². The van der Waals surface area contributed by atoms with Crippen LogP contribution in [0.1, 0.15) is 24.0 Å². The molecule has 1 aliphatic heterocycles. The van der Waals surface area contributed by atoms with Gasteiger partial charge in [-0.15, -0.1) is 0 Å². The van der Waals surface area contributed by atoms with Crippen molar-refractivity contribution in [1.82, 2.24) is 4.90 Å². The van der Waals surface area contributed by atoms with Gasteiger partial charge in [-0.2, -0.15) is 0 Å². The van der Waals surface area contributed by atoms with Crippen LogP contribution in [0.5, 0.6) is 11.5 Å². The molecule has 1 saturated heterocycles. The Labute approximate surface area is 148 Å². The molecule has 0 saturated carbocycles. The Bertz CT molecular complexity index is 939. The van der Waals surface area contributed by atoms with Gasteiger partial charge >= 0.3 is 11.6 Å². The fourth-order valence-electron chi connectivity index (χ4n) is 3.35. The first-order chi connectivity index (χ1) is 12.3. The van der Waals surface area contributed by atoms with Crippen molar-refractivity contribution in [1.29, 1.82) is 0 Å². The lowest BCUT2D eigenvalue weighted by atomic mass is 9.96. The fourth-order valence-corrected chi connectivity index (χ4v) is 3.35. The summed E-state index contributed by atoms with van der Waals surface area (Å²) in [5.41, 5.74) is -0.0939. The zero-order valence-corrected chi connectivity index (χ0v) is 14.2. The molecule has 1 aromatic heterocycles. The third-order valence-corrected chi connectivity index (χ3v) is 4.87. The van der Waals surface area contributed by atoms with Gasteiger partial charge in [-0.25, -0.2) is 4.79 Å². The number of carboxylic acid groups (broad SMARTS) is 1. The predicted octanol–water partition coefficient (Wildman–Crippen LogP) is 1.38. The number of aliphatic carboxylic acids is 1. The minimum Gasteiger partial charge on any atom is -0.508 e. The Hall–Kier alpha value is -3.03. The highest BCUT2D eigenvalue weighted by Gasteiger charge is 2.28. The second-order valence-electron chi connectivity index (χ2n) is 6.50. The summed E-state index contributed by atoms with van der Waals surface area (Å²) in [6, 6.07) is 2.36. The van der Waals surface area contributed by atoms with Crippen LogP contribution in [0.4, 0.5) is 0 Å². The average Bonchev–Trinajstić information content (AvgIpc) is 2.57. The summed E-state index contributed by atoms with van der Waals surface area (Å²) in [6.07, 6.45) is 0.570. The Morgan fingerprint density at radius 3 is 2.50 bits per heavy atom. The van der Waals surface area contributed by atoms with Crippen molar-refractivity contribution in [2.45, 2.75) is 26.2 Å². The molecule has 2 heterocycles. The minimum absolute atomic E-state index is 0.0449. The highest BCUT2D eigenvalue weighted by molar-refractivity contribution is 5.90. The molecular formula is C18H19NO7. The number of fused-ring (bicyclic) bond motifs is 1. The lowest BCUT2D eigenvalue weighted by Gasteiger charge is -2.30. The van der Waals surface area contributed by atoms with Crippen molar-refractivity contribution in [2.75, 3.05) is 13.1 Å². The van der Waals surface area contributed by atoms with Gasteiger partial charge in [0.15, 0.2) is 0 Å². The SMILES string of the molecule is Cc1c(CC(=O)N2CCC(C(=O)O)CC2)c(=O)oc2cc(O)cc(O)c12. The van der Waals surface area contributed by atoms with E-state index in [2.05, 4.69) is 0 Å². The molecule has 1 amide bonds. The number of nitrogens with zero attached hydrogens (tertiary/aromatic N) is 1. The molecule has 0 bridgehead atoms. The Kier molecular flexibility index (Phi) is 4.58. The van der Waals surface area contributed by atoms with E-state index in [1.807, 2.05) is 0 Å². The van der Waals surface area contributed by atoms with Crippen molar-refractivity contribution >= 4 is 22.8 Å². The van der Waals surface area contributed by atoms with Crippen LogP contribution < -0.4 is 5.63 Å². The van der Waals surface area contributed by atoms with Crippen LogP contribution in [0.2, 0.25) is 0 Å². The number of rotatable bonds is 3. The van der Waals surface area contributed by atoms with Gasteiger partial charge in [-0.05, 0) is 25.3 Å². The highest BCUT2D eigenvalue weighted by Crippen LogP contribution is 2.32. The van der Waals surface area contributed by atoms with E-state index in [0.29, 0.717) is 31.5 Å². The van der Waals surface area contributed by atoms with Crippen LogP contribution in [0, 0.1) is 12.8 Å². The first-order valence-corrected chi connectivity index (χ1v) is 8.26. The molecule has 0 unspecified atom stereocenters. The van der Waals surface area contributed by atoms with Gasteiger partial charge in [0.1, 0.15) is 17.1 Å². The van der Waals surface area contributed by atoms with Crippen molar-refractivity contribution in [3.63, 3.8) is 0 Å². The number of phenolic OH excluding ortho intramolecular Hbond substituents is 2. The molecule has 138 valence electrons. The molecule has 1 aromatic carbocycles. The van der Waals surface area contributed by atoms with Gasteiger partial charge in [-0.1, -0.05) is 0 Å². The van der Waals surface area contributed by atoms with E-state index >= 15 is 0 Å². The largest absolute Gasteiger partial charge is 0.508 e. The van der Waals surface area contributed by atoms with E-state index < -0.39 is 17.5 Å². The van der Waals surface area contributed by atoms with E-state index in [1.165, 1.54) is 6.07 Å². The van der Waals surface area contributed by atoms with Gasteiger partial charge in [0.05, 0.1) is 23.3 Å². The van der Waals surface area contributed by atoms with Crippen LogP contribution in [0.15, 0.2) is 21.3 Å². The van der Waals surface area contributed by atoms with Crippen LogP contribution in [-0.4, -0.2) is 45.2 Å². The number of piperidine rings is 1. The predicted molar refractivity (Wildman–Crippen MR) is 91.2 cm³/mol. The van der Waals surface area contributed by atoms with Gasteiger partial charge in [0.25, 0.3) is 0 Å². The summed E-state index contributed by atoms with van der Waals surface area (Å²) in [6.45, 7) is 2.26. The van der Waals surface area contributed by atoms with Gasteiger partial charge in [-0.3, -0.25) is 9.59 Å². The van der Waals surface area contributed by atoms with Gasteiger partial charge in [0, 0.05) is 25.2 Å². The van der Waals surface area contributed by atoms with E-state index in [1.54, 1.807) is 11.8 Å². The smallest absolute Gasteiger partial charge is 0.340 e. The van der Waals surface area contributed by atoms with Gasteiger partial charge in [0.2, 0.25) is 5.91 Å². The second-order valence-corrected chi connectivity index (χ2v) is 6.50. The normalized spacial score (nSPS) is 15.3. The molecule has 1 fully saturated rings. The lowest BCUT2D eigenvalue weighted by Crippen LogP contribution is -2.41. The first-order valence-electron chi connectivity index (χ1n) is 8.26. The number of aryl methyl sites for hydroxylation is 1. The fraction of sp³-hybridized carbons (Fsp3) is 0.389. The minimum atomic E-state index is -0.859. The summed E-state index contributed by atoms with van der Waals surface area (Å²) in [4.78, 5) is 37.3. The standard InChI is InChI=1S/C18H19NO7/c1-9-12(8-15(22)19-4-2-10(3-5-19)17(23)24)18(25)26-14-7-11(20)6-13(21)16(9)14/h6-7,10,20-21H,2-5,8H2,1H3,(H,23,24). The number of carbonyl (C=O) groups excluding carboxylic acids is 1. The molecule has 1 aliphatic rings. The second kappa shape index (κ2) is 6.70. The summed E-state index contributed by atoms with van der Waals surface area (Å²) < 4.78 is 5.15. The Balaban J connectivity index is 1.86. The van der Waals surface area contributed by atoms with E-state index in [4.69, 9.17) is 9.52 Å². The van der Waals surface area contributed by atoms with Crippen LogP contribution >= 0.6 is 0 Å². The maximum absolute atomic E-state index is 12.5. The van der Waals surface area contributed by atoms with Crippen molar-refractivity contribution in [2.24, 2.45) is 5.92 Å². The van der Waals surface area contributed by atoms with E-state index in [0.717, 1.165) is 6.07 Å². The number of benzene rings is 1. The Morgan fingerprint density at radius 2 is 1.88 bits per heavy atom. The number of carbonyl (C=O) groups is 2. The molecule has 3 rings (SSSR count). The van der Waals surface area contributed by atoms with E-state index in [9.17, 15) is 24.6 Å². The number of aromatic hydroxyl groups is 2. The molecule has 0 radical (unpaired) electrons.